The molecule has 1 aromatic rings. The predicted molar refractivity (Wildman–Crippen MR) is 70.4 cm³/mol. The fourth-order valence-electron chi connectivity index (χ4n) is 1.29. The number of carbonyl (C=O) groups is 1. The smallest absolute Gasteiger partial charge is 0.407 e. The first-order valence-electron chi connectivity index (χ1n) is 5.62. The van der Waals surface area contributed by atoms with Crippen molar-refractivity contribution >= 4 is 17.7 Å². The number of nitrogens with two attached hydrogens (primary N) is 1. The second-order valence-electron chi connectivity index (χ2n) is 4.87. The maximum atomic E-state index is 11.4. The minimum absolute atomic E-state index is 0.236. The molecule has 3 N–H and O–H groups in total. The average Bonchev–Trinajstić information content (AvgIpc) is 2.24. The van der Waals surface area contributed by atoms with Crippen molar-refractivity contribution in [2.75, 3.05) is 6.54 Å². The van der Waals surface area contributed by atoms with E-state index in [0.29, 0.717) is 10.7 Å². The molecule has 0 aliphatic carbocycles. The largest absolute Gasteiger partial charge is 0.444 e. The Balaban J connectivity index is 2.49. The lowest BCUT2D eigenvalue weighted by Crippen LogP contribution is -2.36. The number of alkyl carbamates (subject to hydrolysis) is 1. The van der Waals surface area contributed by atoms with Crippen LogP contribution >= 0.6 is 11.6 Å². The first kappa shape index (κ1) is 14.7. The van der Waals surface area contributed by atoms with Crippen molar-refractivity contribution in [1.29, 1.82) is 0 Å². The van der Waals surface area contributed by atoms with E-state index >= 15 is 0 Å². The lowest BCUT2D eigenvalue weighted by molar-refractivity contribution is 0.0524. The van der Waals surface area contributed by atoms with E-state index < -0.39 is 17.7 Å². The number of amides is 1. The van der Waals surface area contributed by atoms with Crippen LogP contribution in [-0.4, -0.2) is 23.2 Å². The Morgan fingerprint density at radius 1 is 1.61 bits per heavy atom. The number of carbonyl (C=O) groups excluding carboxylic acids is 1. The van der Waals surface area contributed by atoms with Crippen LogP contribution in [0.4, 0.5) is 4.79 Å². The zero-order valence-corrected chi connectivity index (χ0v) is 11.5. The summed E-state index contributed by atoms with van der Waals surface area (Å²) in [7, 11) is 0. The van der Waals surface area contributed by atoms with Crippen LogP contribution in [0.5, 0.6) is 0 Å². The lowest BCUT2D eigenvalue weighted by atomic mass is 10.1. The summed E-state index contributed by atoms with van der Waals surface area (Å²) in [5.74, 6) is 0. The molecule has 5 nitrogen and oxygen atoms in total. The molecule has 1 atom stereocenters. The fourth-order valence-corrected chi connectivity index (χ4v) is 1.55. The minimum atomic E-state index is -0.528. The Hall–Kier alpha value is -1.33. The number of nitrogens with zero attached hydrogens (tertiary/aromatic N) is 1. The maximum absolute atomic E-state index is 11.4. The van der Waals surface area contributed by atoms with Crippen LogP contribution in [0.3, 0.4) is 0 Å². The van der Waals surface area contributed by atoms with Crippen LogP contribution in [0.1, 0.15) is 32.4 Å². The van der Waals surface area contributed by atoms with Gasteiger partial charge in [-0.2, -0.15) is 0 Å². The minimum Gasteiger partial charge on any atom is -0.444 e. The molecule has 0 spiro atoms. The van der Waals surface area contributed by atoms with Crippen molar-refractivity contribution in [2.24, 2.45) is 5.73 Å². The van der Waals surface area contributed by atoms with Gasteiger partial charge in [0.15, 0.2) is 0 Å². The first-order valence-corrected chi connectivity index (χ1v) is 6.00. The number of rotatable bonds is 3. The summed E-state index contributed by atoms with van der Waals surface area (Å²) < 4.78 is 5.10. The number of halogens is 1. The summed E-state index contributed by atoms with van der Waals surface area (Å²) in [5, 5.41) is 2.94. The molecule has 0 aromatic carbocycles. The topological polar surface area (TPSA) is 77.2 Å². The van der Waals surface area contributed by atoms with E-state index in [9.17, 15) is 4.79 Å². The highest BCUT2D eigenvalue weighted by atomic mass is 35.5. The first-order chi connectivity index (χ1) is 8.29. The summed E-state index contributed by atoms with van der Waals surface area (Å²) in [6.45, 7) is 5.62. The Bertz CT molecular complexity index is 418. The highest BCUT2D eigenvalue weighted by Crippen LogP contribution is 2.17. The van der Waals surface area contributed by atoms with Crippen molar-refractivity contribution < 1.29 is 9.53 Å². The van der Waals surface area contributed by atoms with Gasteiger partial charge in [0.25, 0.3) is 0 Å². The second-order valence-corrected chi connectivity index (χ2v) is 5.23. The Kier molecular flexibility index (Phi) is 4.93. The van der Waals surface area contributed by atoms with Gasteiger partial charge in [-0.3, -0.25) is 0 Å². The van der Waals surface area contributed by atoms with Crippen molar-refractivity contribution in [2.45, 2.75) is 32.4 Å². The lowest BCUT2D eigenvalue weighted by Gasteiger charge is -2.21. The zero-order valence-electron chi connectivity index (χ0n) is 10.7. The van der Waals surface area contributed by atoms with Gasteiger partial charge in [-0.05, 0) is 26.8 Å². The standard InChI is InChI=1S/C12H18ClN3O2/c1-12(2,3)18-11(17)16-7-9(14)8-5-4-6-15-10(8)13/h4-6,9H,7,14H2,1-3H3,(H,16,17). The number of hydrogen-bond acceptors (Lipinski definition) is 4. The van der Waals surface area contributed by atoms with Crippen LogP contribution in [-0.2, 0) is 4.74 Å². The van der Waals surface area contributed by atoms with E-state index in [4.69, 9.17) is 22.1 Å². The van der Waals surface area contributed by atoms with Crippen LogP contribution < -0.4 is 11.1 Å². The van der Waals surface area contributed by atoms with Gasteiger partial charge in [-0.25, -0.2) is 9.78 Å². The van der Waals surface area contributed by atoms with Crippen molar-refractivity contribution in [3.63, 3.8) is 0 Å². The summed E-state index contributed by atoms with van der Waals surface area (Å²) in [5.41, 5.74) is 6.08. The van der Waals surface area contributed by atoms with Gasteiger partial charge in [-0.1, -0.05) is 17.7 Å². The molecule has 1 rings (SSSR count). The number of ether oxygens (including phenoxy) is 1. The molecular formula is C12H18ClN3O2. The molecule has 0 saturated carbocycles. The monoisotopic (exact) mass is 271 g/mol. The van der Waals surface area contributed by atoms with E-state index in [0.717, 1.165) is 0 Å². The average molecular weight is 272 g/mol. The molecule has 0 fully saturated rings. The normalized spacial score (nSPS) is 12.9. The molecule has 1 aromatic heterocycles. The van der Waals surface area contributed by atoms with Gasteiger partial charge in [0, 0.05) is 18.3 Å². The molecule has 0 radical (unpaired) electrons. The van der Waals surface area contributed by atoms with Gasteiger partial charge >= 0.3 is 6.09 Å². The summed E-state index contributed by atoms with van der Waals surface area (Å²) in [6.07, 6.45) is 1.08. The molecule has 100 valence electrons. The molecule has 1 amide bonds. The molecule has 0 aliphatic heterocycles. The molecule has 0 saturated heterocycles. The van der Waals surface area contributed by atoms with Gasteiger partial charge in [-0.15, -0.1) is 0 Å². The number of hydrogen-bond donors (Lipinski definition) is 2. The third-order valence-electron chi connectivity index (χ3n) is 2.05. The van der Waals surface area contributed by atoms with Crippen LogP contribution in [0.2, 0.25) is 5.15 Å². The van der Waals surface area contributed by atoms with Crippen molar-refractivity contribution in [1.82, 2.24) is 10.3 Å². The Morgan fingerprint density at radius 2 is 2.28 bits per heavy atom. The Labute approximate surface area is 112 Å². The van der Waals surface area contributed by atoms with Crippen LogP contribution in [0.25, 0.3) is 0 Å². The number of nitrogens with one attached hydrogen (secondary N) is 1. The molecule has 0 aliphatic rings. The SMILES string of the molecule is CC(C)(C)OC(=O)NCC(N)c1cccnc1Cl. The van der Waals surface area contributed by atoms with Gasteiger partial charge in [0.05, 0.1) is 6.04 Å². The van der Waals surface area contributed by atoms with E-state index in [1.54, 1.807) is 39.1 Å². The molecule has 18 heavy (non-hydrogen) atoms. The van der Waals surface area contributed by atoms with Crippen molar-refractivity contribution in [3.8, 4) is 0 Å². The van der Waals surface area contributed by atoms with E-state index in [-0.39, 0.29) is 6.54 Å². The molecule has 6 heteroatoms. The maximum Gasteiger partial charge on any atom is 0.407 e. The summed E-state index contributed by atoms with van der Waals surface area (Å²) in [4.78, 5) is 15.4. The van der Waals surface area contributed by atoms with Gasteiger partial charge in [0.2, 0.25) is 0 Å². The third-order valence-corrected chi connectivity index (χ3v) is 2.37. The highest BCUT2D eigenvalue weighted by molar-refractivity contribution is 6.30. The summed E-state index contributed by atoms with van der Waals surface area (Å²) >= 11 is 5.91. The zero-order chi connectivity index (χ0) is 13.8. The predicted octanol–water partition coefficient (Wildman–Crippen LogP) is 2.26. The quantitative estimate of drug-likeness (QED) is 0.827. The molecular weight excluding hydrogens is 254 g/mol. The molecule has 1 unspecified atom stereocenters. The molecule has 1 heterocycles. The van der Waals surface area contributed by atoms with E-state index in [1.807, 2.05) is 0 Å². The van der Waals surface area contributed by atoms with Crippen molar-refractivity contribution in [3.05, 3.63) is 29.0 Å². The van der Waals surface area contributed by atoms with E-state index in [1.165, 1.54) is 0 Å². The van der Waals surface area contributed by atoms with Crippen LogP contribution in [0.15, 0.2) is 18.3 Å². The Morgan fingerprint density at radius 3 is 2.83 bits per heavy atom. The van der Waals surface area contributed by atoms with E-state index in [2.05, 4.69) is 10.3 Å². The van der Waals surface area contributed by atoms with Gasteiger partial charge in [0.1, 0.15) is 10.8 Å². The van der Waals surface area contributed by atoms with Crippen LogP contribution in [0, 0.1) is 0 Å². The molecule has 0 bridgehead atoms. The number of pyridine rings is 1. The summed E-state index contributed by atoms with van der Waals surface area (Å²) in [6, 6.07) is 3.10. The highest BCUT2D eigenvalue weighted by Gasteiger charge is 2.17. The number of aromatic nitrogens is 1. The third kappa shape index (κ3) is 4.89. The second kappa shape index (κ2) is 6.02. The van der Waals surface area contributed by atoms with Gasteiger partial charge < -0.3 is 15.8 Å². The fraction of sp³-hybridized carbons (Fsp3) is 0.500.